The average Bonchev–Trinajstić information content (AvgIpc) is 1.63. The highest BCUT2D eigenvalue weighted by molar-refractivity contribution is 6.33. The van der Waals surface area contributed by atoms with E-state index in [1.54, 1.807) is 24.5 Å². The molecule has 8 aromatic heterocycles. The lowest BCUT2D eigenvalue weighted by molar-refractivity contribution is -0.141. The summed E-state index contributed by atoms with van der Waals surface area (Å²) in [6, 6.07) is 58.0. The molecular weight excluding hydrogens is 1850 g/mol. The van der Waals surface area contributed by atoms with E-state index >= 15 is 0 Å². The molecule has 25 nitrogen and oxygen atoms in total. The van der Waals surface area contributed by atoms with E-state index in [1.165, 1.54) is 25.0 Å². The summed E-state index contributed by atoms with van der Waals surface area (Å²) >= 11 is 6.49. The highest BCUT2D eigenvalue weighted by Gasteiger charge is 2.45. The maximum absolute atomic E-state index is 14.1. The van der Waals surface area contributed by atoms with Gasteiger partial charge in [0.25, 0.3) is 0 Å². The van der Waals surface area contributed by atoms with Crippen LogP contribution in [0.15, 0.2) is 213 Å². The molecule has 13 heterocycles. The minimum atomic E-state index is -0.709. The number of halogens is 2. The number of aromatic amines is 4. The smallest absolute Gasteiger partial charge is 0.250 e. The number of carbonyl (C=O) groups excluding carboxylic acids is 8. The lowest BCUT2D eigenvalue weighted by atomic mass is 9.83. The van der Waals surface area contributed by atoms with Crippen molar-refractivity contribution in [1.82, 2.24) is 80.7 Å². The standard InChI is InChI=1S/C30H37FN4O2.C30H38N4O2.C30H32N4O2.C29H35ClN4O3/c1-3-19(2)29(36)34-28(20-8-5-4-6-9-20)30(37)35-17-7-10-25(35)24-18-22-15-16-32-26(27(22)33-24)21-11-13-23(31)14-12-21;2*1-3-20(2)29(35)33-28(22-13-8-5-9-14-22)30(36)34-18-10-15-25(34)24-19-23-16-17-31-26(27(23)32-24)21-11-6-4-7-12-21;1-3-18(2)28(35)33-26(19-11-15-37-16-12-19)29(36)34-14-6-9-24(34)23-17-20-10-13-31-27(25(20)32-23)21-7-4-5-8-22(21)30/h11-16,18-20,25,28,33H,3-10,17H2,1-2H3,(H,34,36);4,6-7,11-12,16-17,19-20,22,25,28,32H,3,5,8-10,13-15,18H2,1-2H3,(H,33,35);4-9,11-14,16-17,19-20,25,28,32H,3,10,15,18H2,1-2H3,(H,33,35);4-5,7-8,10,13,17-19,24,26,32H,3,6,9,11-12,14-16H2,1-2H3,(H,33,35)/t19-,25+,28+;2*20-,25+,28+;18-,24+,26+/m1111/s1. The van der Waals surface area contributed by atoms with E-state index in [4.69, 9.17) is 16.3 Å². The van der Waals surface area contributed by atoms with Crippen LogP contribution in [0.2, 0.25) is 5.02 Å². The molecule has 0 spiro atoms. The number of fused-ring (bicyclic) bond motifs is 4. The van der Waals surface area contributed by atoms with Crippen LogP contribution in [0.3, 0.4) is 0 Å². The van der Waals surface area contributed by atoms with Gasteiger partial charge in [0.15, 0.2) is 0 Å². The number of ether oxygens (including phenoxy) is 1. The van der Waals surface area contributed by atoms with Gasteiger partial charge in [-0.1, -0.05) is 215 Å². The van der Waals surface area contributed by atoms with Gasteiger partial charge < -0.3 is 65.5 Å². The van der Waals surface area contributed by atoms with Crippen molar-refractivity contribution in [3.8, 4) is 45.0 Å². The topological polar surface area (TPSA) is 322 Å². The van der Waals surface area contributed by atoms with E-state index < -0.39 is 24.2 Å². The Labute approximate surface area is 861 Å². The Kier molecular flexibility index (Phi) is 34.9. The molecule has 5 saturated heterocycles. The van der Waals surface area contributed by atoms with Crippen LogP contribution < -0.4 is 21.3 Å². The van der Waals surface area contributed by atoms with Gasteiger partial charge in [0.2, 0.25) is 47.3 Å². The summed E-state index contributed by atoms with van der Waals surface area (Å²) in [7, 11) is 0. The van der Waals surface area contributed by atoms with E-state index in [-0.39, 0.29) is 119 Å². The zero-order chi connectivity index (χ0) is 102. The van der Waals surface area contributed by atoms with Gasteiger partial charge >= 0.3 is 0 Å². The van der Waals surface area contributed by atoms with Crippen LogP contribution in [0, 0.1) is 47.2 Å². The molecule has 766 valence electrons. The number of amides is 8. The molecule has 2 saturated carbocycles. The third-order valence-electron chi connectivity index (χ3n) is 31.8. The molecule has 7 aliphatic rings. The fraction of sp³-hybridized carbons (Fsp3) is 0.445. The molecule has 0 radical (unpaired) electrons. The lowest BCUT2D eigenvalue weighted by Crippen LogP contribution is -2.54. The van der Waals surface area contributed by atoms with Gasteiger partial charge in [-0.2, -0.15) is 0 Å². The van der Waals surface area contributed by atoms with Crippen LogP contribution in [0.4, 0.5) is 4.39 Å². The maximum Gasteiger partial charge on any atom is 0.250 e. The summed E-state index contributed by atoms with van der Waals surface area (Å²) < 4.78 is 19.0. The number of nitrogens with zero attached hydrogens (tertiary/aromatic N) is 8. The molecule has 27 heteroatoms. The molecule has 13 aromatic rings. The zero-order valence-corrected chi connectivity index (χ0v) is 86.3. The molecule has 5 aliphatic heterocycles. The second kappa shape index (κ2) is 48.9. The Morgan fingerprint density at radius 2 is 0.651 bits per heavy atom. The highest BCUT2D eigenvalue weighted by Crippen LogP contribution is 2.45. The van der Waals surface area contributed by atoms with Crippen molar-refractivity contribution in [2.45, 2.75) is 258 Å². The minimum absolute atomic E-state index is 0.00126. The van der Waals surface area contributed by atoms with Crippen molar-refractivity contribution in [1.29, 1.82) is 0 Å². The number of nitrogens with one attached hydrogen (secondary N) is 8. The molecule has 5 aromatic carbocycles. The molecule has 146 heavy (non-hydrogen) atoms. The first kappa shape index (κ1) is 104. The van der Waals surface area contributed by atoms with Crippen LogP contribution in [0.1, 0.15) is 268 Å². The molecule has 8 amide bonds. The minimum Gasteiger partial charge on any atom is -0.381 e. The summed E-state index contributed by atoms with van der Waals surface area (Å²) in [5.74, 6) is -0.388. The van der Waals surface area contributed by atoms with Gasteiger partial charge in [0.1, 0.15) is 30.0 Å². The molecule has 12 atom stereocenters. The normalized spacial score (nSPS) is 19.5. The van der Waals surface area contributed by atoms with Crippen molar-refractivity contribution >= 4 is 102 Å². The molecule has 8 N–H and O–H groups in total. The van der Waals surface area contributed by atoms with E-state index in [2.05, 4.69) is 110 Å². The average molecular weight is 1990 g/mol. The van der Waals surface area contributed by atoms with Crippen molar-refractivity contribution in [3.05, 3.63) is 252 Å². The zero-order valence-electron chi connectivity index (χ0n) is 85.6. The number of rotatable bonds is 28. The third-order valence-corrected chi connectivity index (χ3v) is 32.1. The van der Waals surface area contributed by atoms with Crippen molar-refractivity contribution < 1.29 is 47.5 Å². The molecule has 20 rings (SSSR count). The van der Waals surface area contributed by atoms with Gasteiger partial charge in [-0.25, -0.2) is 4.39 Å². The van der Waals surface area contributed by atoms with Crippen molar-refractivity contribution in [3.63, 3.8) is 0 Å². The quantitative estimate of drug-likeness (QED) is 0.0226. The predicted molar refractivity (Wildman–Crippen MR) is 573 cm³/mol. The van der Waals surface area contributed by atoms with Crippen LogP contribution in [-0.4, -0.2) is 164 Å². The van der Waals surface area contributed by atoms with E-state index in [0.29, 0.717) is 37.9 Å². The Morgan fingerprint density at radius 3 is 1.00 bits per heavy atom. The number of pyridine rings is 4. The van der Waals surface area contributed by atoms with Crippen LogP contribution in [0.5, 0.6) is 0 Å². The first-order chi connectivity index (χ1) is 71.1. The van der Waals surface area contributed by atoms with Crippen molar-refractivity contribution in [2.75, 3.05) is 39.4 Å². The number of hydrogen-bond donors (Lipinski definition) is 8. The van der Waals surface area contributed by atoms with Gasteiger partial charge in [-0.3, -0.25) is 58.3 Å². The number of likely N-dealkylation sites (tertiary alicyclic amines) is 4. The second-order valence-corrected chi connectivity index (χ2v) is 41.6. The second-order valence-electron chi connectivity index (χ2n) is 41.2. The third kappa shape index (κ3) is 23.9. The number of benzene rings is 5. The Morgan fingerprint density at radius 1 is 0.349 bits per heavy atom. The molecule has 2 aliphatic carbocycles. The monoisotopic (exact) mass is 1990 g/mol. The van der Waals surface area contributed by atoms with Crippen LogP contribution >= 0.6 is 11.6 Å². The Hall–Kier alpha value is -13.2. The van der Waals surface area contributed by atoms with Gasteiger partial charge in [-0.05, 0) is 218 Å². The maximum atomic E-state index is 14.1. The first-order valence-corrected chi connectivity index (χ1v) is 54.0. The van der Waals surface area contributed by atoms with Gasteiger partial charge in [-0.15, -0.1) is 0 Å². The Bertz CT molecular complexity index is 6650. The summed E-state index contributed by atoms with van der Waals surface area (Å²) in [5.41, 5.74) is 15.8. The number of aromatic nitrogens is 8. The largest absolute Gasteiger partial charge is 0.381 e. The SMILES string of the molecule is CC[C@@H](C)C(=O)N[C@H](C(=O)N1CCC[C@H]1c1cc2ccnc(-c3ccc(F)cc3)c2[nH]1)C1CCCCC1.CC[C@@H](C)C(=O)N[C@H](C(=O)N1CCC[C@H]1c1cc2ccnc(-c3ccccc3)c2[nH]1)C1CCCCC1.CC[C@@H](C)C(=O)N[C@H](C(=O)N1CCC[C@H]1c1cc2ccnc(-c3ccccc3)c2[nH]1)c1ccccc1.CC[C@@H](C)C(=O)N[C@H](C(=O)N1CCC[C@H]1c1cc2ccnc(-c3ccccc3Cl)c2[nH]1)C1CCOCC1. The summed E-state index contributed by atoms with van der Waals surface area (Å²) in [4.78, 5) is 148. The van der Waals surface area contributed by atoms with E-state index in [0.717, 1.165) is 265 Å². The number of carbonyl (C=O) groups is 8. The van der Waals surface area contributed by atoms with Gasteiger partial charge in [0.05, 0.1) is 74.0 Å². The predicted octanol–water partition coefficient (Wildman–Crippen LogP) is 23.4. The molecule has 0 unspecified atom stereocenters. The summed E-state index contributed by atoms with van der Waals surface area (Å²) in [6.45, 7) is 19.7. The number of H-pyrrole nitrogens is 4. The summed E-state index contributed by atoms with van der Waals surface area (Å²) in [6.07, 6.45) is 29.9. The highest BCUT2D eigenvalue weighted by atomic mass is 35.5. The van der Waals surface area contributed by atoms with Crippen LogP contribution in [-0.2, 0) is 43.1 Å². The van der Waals surface area contributed by atoms with Crippen molar-refractivity contribution in [2.24, 2.45) is 41.4 Å². The molecule has 0 bridgehead atoms. The fourth-order valence-corrected chi connectivity index (χ4v) is 22.7. The summed E-state index contributed by atoms with van der Waals surface area (Å²) in [5, 5.41) is 17.4. The van der Waals surface area contributed by atoms with Gasteiger partial charge in [0, 0.05) is 154 Å². The fourth-order valence-electron chi connectivity index (χ4n) is 22.4. The van der Waals surface area contributed by atoms with E-state index in [9.17, 15) is 42.7 Å². The Balaban J connectivity index is 0.000000133. The lowest BCUT2D eigenvalue weighted by Gasteiger charge is -2.35. The molecule has 7 fully saturated rings. The first-order valence-electron chi connectivity index (χ1n) is 53.6. The van der Waals surface area contributed by atoms with Crippen LogP contribution in [0.25, 0.3) is 88.6 Å². The molecular formula is C119H142ClFN16O9. The van der Waals surface area contributed by atoms with E-state index in [1.807, 2.05) is 203 Å². The number of hydrogen-bond acceptors (Lipinski definition) is 13.